The second kappa shape index (κ2) is 7.99. The number of imidazole rings is 1. The first-order chi connectivity index (χ1) is 11.7. The summed E-state index contributed by atoms with van der Waals surface area (Å²) in [6.07, 6.45) is 8.09. The van der Waals surface area contributed by atoms with Crippen molar-refractivity contribution in [2.24, 2.45) is 5.92 Å². The summed E-state index contributed by atoms with van der Waals surface area (Å²) in [5.74, 6) is 1.55. The molecule has 1 amide bonds. The van der Waals surface area contributed by atoms with E-state index in [0.29, 0.717) is 25.5 Å². The highest BCUT2D eigenvalue weighted by Gasteiger charge is 2.23. The van der Waals surface area contributed by atoms with Crippen LogP contribution in [0.5, 0.6) is 5.75 Å². The smallest absolute Gasteiger partial charge is 0.224 e. The molecule has 128 valence electrons. The van der Waals surface area contributed by atoms with Crippen LogP contribution in [0.3, 0.4) is 0 Å². The number of carbonyl (C=O) groups excluding carboxylic acids is 1. The molecule has 1 unspecified atom stereocenters. The van der Waals surface area contributed by atoms with Crippen molar-refractivity contribution in [3.05, 3.63) is 48.5 Å². The second-order valence-corrected chi connectivity index (χ2v) is 6.52. The van der Waals surface area contributed by atoms with Crippen LogP contribution in [-0.2, 0) is 11.3 Å². The van der Waals surface area contributed by atoms with Crippen molar-refractivity contribution in [3.63, 3.8) is 0 Å². The summed E-state index contributed by atoms with van der Waals surface area (Å²) in [6, 6.07) is 8.13. The molecule has 3 rings (SSSR count). The molecule has 1 aliphatic heterocycles. The van der Waals surface area contributed by atoms with Gasteiger partial charge in [-0.2, -0.15) is 0 Å². The van der Waals surface area contributed by atoms with Gasteiger partial charge in [-0.1, -0.05) is 17.7 Å². The van der Waals surface area contributed by atoms with Crippen LogP contribution < -0.4 is 4.74 Å². The van der Waals surface area contributed by atoms with E-state index < -0.39 is 0 Å². The van der Waals surface area contributed by atoms with Gasteiger partial charge in [-0.15, -0.1) is 0 Å². The van der Waals surface area contributed by atoms with Gasteiger partial charge in [0.05, 0.1) is 12.9 Å². The third-order valence-electron chi connectivity index (χ3n) is 4.52. The van der Waals surface area contributed by atoms with Crippen LogP contribution in [0.4, 0.5) is 0 Å². The zero-order valence-electron chi connectivity index (χ0n) is 14.2. The molecular formula is C19H25N3O2. The summed E-state index contributed by atoms with van der Waals surface area (Å²) in [4.78, 5) is 18.4. The number of hydrogen-bond donors (Lipinski definition) is 0. The highest BCUT2D eigenvalue weighted by molar-refractivity contribution is 5.76. The lowest BCUT2D eigenvalue weighted by Gasteiger charge is -2.32. The van der Waals surface area contributed by atoms with Crippen LogP contribution in [0.25, 0.3) is 0 Å². The Morgan fingerprint density at radius 3 is 2.92 bits per heavy atom. The summed E-state index contributed by atoms with van der Waals surface area (Å²) in [5, 5.41) is 0. The molecule has 0 N–H and O–H groups in total. The second-order valence-electron chi connectivity index (χ2n) is 6.52. The van der Waals surface area contributed by atoms with Crippen LogP contribution >= 0.6 is 0 Å². The van der Waals surface area contributed by atoms with Crippen molar-refractivity contribution >= 4 is 5.91 Å². The van der Waals surface area contributed by atoms with E-state index >= 15 is 0 Å². The predicted octanol–water partition coefficient (Wildman–Crippen LogP) is 2.90. The molecule has 0 radical (unpaired) electrons. The van der Waals surface area contributed by atoms with E-state index in [1.807, 2.05) is 27.8 Å². The van der Waals surface area contributed by atoms with Gasteiger partial charge in [-0.25, -0.2) is 4.98 Å². The number of hydrogen-bond acceptors (Lipinski definition) is 3. The van der Waals surface area contributed by atoms with E-state index in [1.165, 1.54) is 5.56 Å². The van der Waals surface area contributed by atoms with E-state index in [-0.39, 0.29) is 5.91 Å². The number of aryl methyl sites for hydroxylation is 2. The highest BCUT2D eigenvalue weighted by Crippen LogP contribution is 2.20. The van der Waals surface area contributed by atoms with E-state index in [4.69, 9.17) is 4.74 Å². The maximum Gasteiger partial charge on any atom is 0.224 e. The van der Waals surface area contributed by atoms with Gasteiger partial charge < -0.3 is 14.2 Å². The van der Waals surface area contributed by atoms with E-state index in [9.17, 15) is 4.79 Å². The molecule has 1 aromatic carbocycles. The SMILES string of the molecule is Cc1ccc(OCC2CCCN(C(=O)CCn3ccnc3)C2)cc1. The summed E-state index contributed by atoms with van der Waals surface area (Å²) < 4.78 is 7.84. The number of carbonyl (C=O) groups is 1. The van der Waals surface area contributed by atoms with Gasteiger partial charge in [0.2, 0.25) is 5.91 Å². The maximum atomic E-state index is 12.4. The number of piperidine rings is 1. The third-order valence-corrected chi connectivity index (χ3v) is 4.52. The largest absolute Gasteiger partial charge is 0.493 e. The Balaban J connectivity index is 1.45. The van der Waals surface area contributed by atoms with Gasteiger partial charge in [-0.3, -0.25) is 4.79 Å². The Hall–Kier alpha value is -2.30. The summed E-state index contributed by atoms with van der Waals surface area (Å²) in [7, 11) is 0. The first kappa shape index (κ1) is 16.6. The molecule has 2 aromatic rings. The Kier molecular flexibility index (Phi) is 5.51. The molecule has 2 heterocycles. The standard InChI is InChI=1S/C19H25N3O2/c1-16-4-6-18(7-5-16)24-14-17-3-2-10-22(13-17)19(23)8-11-21-12-9-20-15-21/h4-7,9,12,15,17H,2-3,8,10-11,13-14H2,1H3. The molecule has 0 saturated carbocycles. The van der Waals surface area contributed by atoms with E-state index in [0.717, 1.165) is 31.7 Å². The number of benzene rings is 1. The van der Waals surface area contributed by atoms with Gasteiger partial charge in [0.1, 0.15) is 5.75 Å². The minimum atomic E-state index is 0.226. The van der Waals surface area contributed by atoms with Crippen molar-refractivity contribution in [1.29, 1.82) is 0 Å². The average molecular weight is 327 g/mol. The van der Waals surface area contributed by atoms with Gasteiger partial charge >= 0.3 is 0 Å². The van der Waals surface area contributed by atoms with Crippen molar-refractivity contribution in [2.75, 3.05) is 19.7 Å². The van der Waals surface area contributed by atoms with Gasteiger partial charge in [-0.05, 0) is 31.9 Å². The predicted molar refractivity (Wildman–Crippen MR) is 92.8 cm³/mol. The molecule has 5 nitrogen and oxygen atoms in total. The number of nitrogens with zero attached hydrogens (tertiary/aromatic N) is 3. The van der Waals surface area contributed by atoms with Gasteiger partial charge in [0, 0.05) is 44.4 Å². The Labute approximate surface area is 143 Å². The molecule has 0 aliphatic carbocycles. The molecule has 1 saturated heterocycles. The quantitative estimate of drug-likeness (QED) is 0.819. The number of amides is 1. The Bertz CT molecular complexity index is 637. The zero-order valence-corrected chi connectivity index (χ0v) is 14.2. The number of aromatic nitrogens is 2. The lowest BCUT2D eigenvalue weighted by molar-refractivity contribution is -0.133. The first-order valence-corrected chi connectivity index (χ1v) is 8.64. The summed E-state index contributed by atoms with van der Waals surface area (Å²) in [5.41, 5.74) is 1.23. The molecule has 24 heavy (non-hydrogen) atoms. The molecule has 1 aliphatic rings. The van der Waals surface area contributed by atoms with Crippen LogP contribution in [0.1, 0.15) is 24.8 Å². The third kappa shape index (κ3) is 4.60. The van der Waals surface area contributed by atoms with E-state index in [1.54, 1.807) is 12.5 Å². The van der Waals surface area contributed by atoms with Gasteiger partial charge in [0.15, 0.2) is 0 Å². The van der Waals surface area contributed by atoms with Crippen LogP contribution in [-0.4, -0.2) is 40.1 Å². The lowest BCUT2D eigenvalue weighted by Crippen LogP contribution is -2.41. The summed E-state index contributed by atoms with van der Waals surface area (Å²) in [6.45, 7) is 5.10. The Morgan fingerprint density at radius 1 is 1.33 bits per heavy atom. The monoisotopic (exact) mass is 327 g/mol. The lowest BCUT2D eigenvalue weighted by atomic mass is 9.98. The van der Waals surface area contributed by atoms with Crippen LogP contribution in [0.15, 0.2) is 43.0 Å². The van der Waals surface area contributed by atoms with E-state index in [2.05, 4.69) is 24.0 Å². The fourth-order valence-electron chi connectivity index (χ4n) is 3.08. The molecule has 1 fully saturated rings. The molecule has 0 spiro atoms. The molecular weight excluding hydrogens is 302 g/mol. The zero-order chi connectivity index (χ0) is 16.8. The fourth-order valence-corrected chi connectivity index (χ4v) is 3.08. The van der Waals surface area contributed by atoms with Crippen LogP contribution in [0.2, 0.25) is 0 Å². The fraction of sp³-hybridized carbons (Fsp3) is 0.474. The minimum absolute atomic E-state index is 0.226. The van der Waals surface area contributed by atoms with Gasteiger partial charge in [0.25, 0.3) is 0 Å². The molecule has 5 heteroatoms. The summed E-state index contributed by atoms with van der Waals surface area (Å²) >= 11 is 0. The normalized spacial score (nSPS) is 17.7. The van der Waals surface area contributed by atoms with Crippen molar-refractivity contribution < 1.29 is 9.53 Å². The number of rotatable bonds is 6. The molecule has 1 aromatic heterocycles. The highest BCUT2D eigenvalue weighted by atomic mass is 16.5. The number of likely N-dealkylation sites (tertiary alicyclic amines) is 1. The van der Waals surface area contributed by atoms with Crippen molar-refractivity contribution in [3.8, 4) is 5.75 Å². The molecule has 1 atom stereocenters. The van der Waals surface area contributed by atoms with Crippen molar-refractivity contribution in [1.82, 2.24) is 14.5 Å². The Morgan fingerprint density at radius 2 is 2.17 bits per heavy atom. The molecule has 0 bridgehead atoms. The topological polar surface area (TPSA) is 47.4 Å². The minimum Gasteiger partial charge on any atom is -0.493 e. The number of ether oxygens (including phenoxy) is 1. The first-order valence-electron chi connectivity index (χ1n) is 8.64. The van der Waals surface area contributed by atoms with Crippen molar-refractivity contribution in [2.45, 2.75) is 32.7 Å². The average Bonchev–Trinajstić information content (AvgIpc) is 3.13. The maximum absolute atomic E-state index is 12.4. The van der Waals surface area contributed by atoms with Crippen LogP contribution in [0, 0.1) is 12.8 Å².